The van der Waals surface area contributed by atoms with Gasteiger partial charge in [0.25, 0.3) is 0 Å². The van der Waals surface area contributed by atoms with Crippen LogP contribution in [0.2, 0.25) is 0 Å². The first kappa shape index (κ1) is 9.55. The lowest BCUT2D eigenvalue weighted by Crippen LogP contribution is -1.86. The van der Waals surface area contributed by atoms with Crippen LogP contribution in [0.15, 0.2) is 29.4 Å². The van der Waals surface area contributed by atoms with Crippen LogP contribution in [0.1, 0.15) is 12.8 Å². The number of aromatic nitrogens is 1. The Morgan fingerprint density at radius 3 is 2.92 bits per heavy atom. The maximum atomic E-state index is 8.54. The number of unbranched alkanes of at least 4 members (excludes halogenated alkanes) is 1. The van der Waals surface area contributed by atoms with Crippen LogP contribution in [0.4, 0.5) is 0 Å². The van der Waals surface area contributed by atoms with Gasteiger partial charge in [0, 0.05) is 12.8 Å². The van der Waals surface area contributed by atoms with Crippen LogP contribution in [0.3, 0.4) is 0 Å². The molecule has 0 spiro atoms. The van der Waals surface area contributed by atoms with Gasteiger partial charge in [-0.15, -0.1) is 11.8 Å². The predicted octanol–water partition coefficient (Wildman–Crippen LogP) is 1.95. The molecule has 0 amide bonds. The van der Waals surface area contributed by atoms with E-state index < -0.39 is 0 Å². The Balaban J connectivity index is 2.16. The van der Waals surface area contributed by atoms with E-state index >= 15 is 0 Å². The van der Waals surface area contributed by atoms with Gasteiger partial charge in [-0.1, -0.05) is 6.07 Å². The second-order valence-electron chi connectivity index (χ2n) is 2.45. The molecule has 0 saturated carbocycles. The summed E-state index contributed by atoms with van der Waals surface area (Å²) in [5.74, 6) is 1.04. The third-order valence-corrected chi connectivity index (χ3v) is 2.47. The normalized spacial score (nSPS) is 10.1. The van der Waals surface area contributed by atoms with Gasteiger partial charge in [-0.2, -0.15) is 0 Å². The number of rotatable bonds is 5. The molecule has 0 radical (unpaired) electrons. The van der Waals surface area contributed by atoms with E-state index in [0.717, 1.165) is 23.6 Å². The third-order valence-electron chi connectivity index (χ3n) is 1.44. The number of hydrogen-bond donors (Lipinski definition) is 1. The molecule has 0 bridgehead atoms. The summed E-state index contributed by atoms with van der Waals surface area (Å²) >= 11 is 1.74. The molecule has 0 saturated heterocycles. The largest absolute Gasteiger partial charge is 0.396 e. The van der Waals surface area contributed by atoms with Crippen LogP contribution >= 0.6 is 11.8 Å². The van der Waals surface area contributed by atoms with Gasteiger partial charge < -0.3 is 5.11 Å². The SMILES string of the molecule is OCCCCSc1ccccn1. The minimum atomic E-state index is 0.294. The molecule has 2 nitrogen and oxygen atoms in total. The molecular weight excluding hydrogens is 170 g/mol. The molecule has 1 rings (SSSR count). The molecule has 66 valence electrons. The fourth-order valence-corrected chi connectivity index (χ4v) is 1.69. The summed E-state index contributed by atoms with van der Waals surface area (Å²) in [6.07, 6.45) is 3.74. The Bertz CT molecular complexity index is 203. The van der Waals surface area contributed by atoms with Gasteiger partial charge in [-0.25, -0.2) is 4.98 Å². The standard InChI is InChI=1S/C9H13NOS/c11-7-3-4-8-12-9-5-1-2-6-10-9/h1-2,5-6,11H,3-4,7-8H2. The zero-order valence-electron chi connectivity index (χ0n) is 6.94. The highest BCUT2D eigenvalue weighted by molar-refractivity contribution is 7.99. The number of aliphatic hydroxyl groups excluding tert-OH is 1. The van der Waals surface area contributed by atoms with Crippen LogP contribution in [0.25, 0.3) is 0 Å². The zero-order chi connectivity index (χ0) is 8.65. The molecule has 1 heterocycles. The molecule has 0 aromatic carbocycles. The summed E-state index contributed by atoms with van der Waals surface area (Å²) in [5, 5.41) is 9.60. The van der Waals surface area contributed by atoms with Crippen molar-refractivity contribution in [1.82, 2.24) is 4.98 Å². The van der Waals surface area contributed by atoms with Crippen LogP contribution in [0, 0.1) is 0 Å². The van der Waals surface area contributed by atoms with Crippen molar-refractivity contribution in [2.24, 2.45) is 0 Å². The molecule has 1 aromatic rings. The molecule has 12 heavy (non-hydrogen) atoms. The predicted molar refractivity (Wildman–Crippen MR) is 51.3 cm³/mol. The zero-order valence-corrected chi connectivity index (χ0v) is 7.76. The fourth-order valence-electron chi connectivity index (χ4n) is 0.823. The van der Waals surface area contributed by atoms with Crippen molar-refractivity contribution in [2.75, 3.05) is 12.4 Å². The van der Waals surface area contributed by atoms with Crippen LogP contribution in [-0.2, 0) is 0 Å². The Hall–Kier alpha value is -0.540. The first-order chi connectivity index (χ1) is 5.93. The van der Waals surface area contributed by atoms with E-state index in [2.05, 4.69) is 4.98 Å². The summed E-state index contributed by atoms with van der Waals surface area (Å²) in [6, 6.07) is 5.91. The molecule has 0 aliphatic carbocycles. The van der Waals surface area contributed by atoms with Crippen molar-refractivity contribution in [1.29, 1.82) is 0 Å². The van der Waals surface area contributed by atoms with Crippen molar-refractivity contribution in [3.05, 3.63) is 24.4 Å². The Labute approximate surface area is 77.0 Å². The summed E-state index contributed by atoms with van der Waals surface area (Å²) in [6.45, 7) is 0.294. The molecule has 3 heteroatoms. The minimum Gasteiger partial charge on any atom is -0.396 e. The molecule has 1 aromatic heterocycles. The highest BCUT2D eigenvalue weighted by atomic mass is 32.2. The molecule has 0 atom stereocenters. The lowest BCUT2D eigenvalue weighted by molar-refractivity contribution is 0.287. The van der Waals surface area contributed by atoms with Crippen molar-refractivity contribution < 1.29 is 5.11 Å². The van der Waals surface area contributed by atoms with Crippen LogP contribution in [-0.4, -0.2) is 22.5 Å². The Morgan fingerprint density at radius 1 is 1.33 bits per heavy atom. The first-order valence-electron chi connectivity index (χ1n) is 4.08. The minimum absolute atomic E-state index is 0.294. The molecular formula is C9H13NOS. The van der Waals surface area contributed by atoms with E-state index in [1.165, 1.54) is 0 Å². The molecule has 0 fully saturated rings. The molecule has 0 aliphatic rings. The van der Waals surface area contributed by atoms with E-state index in [-0.39, 0.29) is 0 Å². The third kappa shape index (κ3) is 3.74. The lowest BCUT2D eigenvalue weighted by Gasteiger charge is -1.98. The maximum absolute atomic E-state index is 8.54. The average Bonchev–Trinajstić information content (AvgIpc) is 2.14. The molecule has 1 N–H and O–H groups in total. The monoisotopic (exact) mass is 183 g/mol. The second-order valence-corrected chi connectivity index (χ2v) is 3.56. The highest BCUT2D eigenvalue weighted by Crippen LogP contribution is 2.15. The van der Waals surface area contributed by atoms with Crippen molar-refractivity contribution in [2.45, 2.75) is 17.9 Å². The van der Waals surface area contributed by atoms with Crippen molar-refractivity contribution in [3.63, 3.8) is 0 Å². The van der Waals surface area contributed by atoms with E-state index in [9.17, 15) is 0 Å². The van der Waals surface area contributed by atoms with Gasteiger partial charge in [-0.05, 0) is 30.7 Å². The smallest absolute Gasteiger partial charge is 0.0959 e. The van der Waals surface area contributed by atoms with Gasteiger partial charge in [-0.3, -0.25) is 0 Å². The highest BCUT2D eigenvalue weighted by Gasteiger charge is 1.92. The molecule has 0 unspecified atom stereocenters. The number of hydrogen-bond acceptors (Lipinski definition) is 3. The topological polar surface area (TPSA) is 33.1 Å². The fraction of sp³-hybridized carbons (Fsp3) is 0.444. The quantitative estimate of drug-likeness (QED) is 0.559. The van der Waals surface area contributed by atoms with Crippen molar-refractivity contribution >= 4 is 11.8 Å². The maximum Gasteiger partial charge on any atom is 0.0959 e. The van der Waals surface area contributed by atoms with Crippen LogP contribution in [0.5, 0.6) is 0 Å². The average molecular weight is 183 g/mol. The lowest BCUT2D eigenvalue weighted by atomic mass is 10.4. The van der Waals surface area contributed by atoms with Gasteiger partial charge >= 0.3 is 0 Å². The first-order valence-corrected chi connectivity index (χ1v) is 5.07. The number of aliphatic hydroxyl groups is 1. The van der Waals surface area contributed by atoms with Crippen molar-refractivity contribution in [3.8, 4) is 0 Å². The van der Waals surface area contributed by atoms with E-state index in [0.29, 0.717) is 6.61 Å². The van der Waals surface area contributed by atoms with E-state index in [1.807, 2.05) is 18.2 Å². The number of pyridine rings is 1. The molecule has 0 aliphatic heterocycles. The summed E-state index contributed by atoms with van der Waals surface area (Å²) in [4.78, 5) is 4.18. The van der Waals surface area contributed by atoms with E-state index in [4.69, 9.17) is 5.11 Å². The number of thioether (sulfide) groups is 1. The van der Waals surface area contributed by atoms with Gasteiger partial charge in [0.2, 0.25) is 0 Å². The summed E-state index contributed by atoms with van der Waals surface area (Å²) < 4.78 is 0. The van der Waals surface area contributed by atoms with Gasteiger partial charge in [0.15, 0.2) is 0 Å². The van der Waals surface area contributed by atoms with E-state index in [1.54, 1.807) is 18.0 Å². The van der Waals surface area contributed by atoms with Gasteiger partial charge in [0.1, 0.15) is 0 Å². The second kappa shape index (κ2) is 6.03. The van der Waals surface area contributed by atoms with Crippen LogP contribution < -0.4 is 0 Å². The van der Waals surface area contributed by atoms with Gasteiger partial charge in [0.05, 0.1) is 5.03 Å². The Morgan fingerprint density at radius 2 is 2.25 bits per heavy atom. The summed E-state index contributed by atoms with van der Waals surface area (Å²) in [5.41, 5.74) is 0. The summed E-state index contributed by atoms with van der Waals surface area (Å²) in [7, 11) is 0. The number of nitrogens with zero attached hydrogens (tertiary/aromatic N) is 1. The Kier molecular flexibility index (Phi) is 4.80.